The van der Waals surface area contributed by atoms with Crippen LogP contribution in [0.2, 0.25) is 0 Å². The Bertz CT molecular complexity index is 4120. The Morgan fingerprint density at radius 1 is 0.243 bits per heavy atom. The molecular weight excluding hydrogens is 849 g/mol. The zero-order valence-electron chi connectivity index (χ0n) is 38.2. The molecule has 0 radical (unpaired) electrons. The molecule has 14 rings (SSSR count). The normalized spacial score (nSPS) is 11.8. The minimum Gasteiger partial charge on any atom is -0.456 e. The molecule has 0 amide bonds. The van der Waals surface area contributed by atoms with Gasteiger partial charge in [0.2, 0.25) is 0 Å². The van der Waals surface area contributed by atoms with Crippen molar-refractivity contribution in [1.82, 2.24) is 9.13 Å². The third-order valence-corrected chi connectivity index (χ3v) is 14.4. The van der Waals surface area contributed by atoms with Gasteiger partial charge < -0.3 is 13.6 Å². The van der Waals surface area contributed by atoms with Gasteiger partial charge in [-0.25, -0.2) is 0 Å². The van der Waals surface area contributed by atoms with E-state index in [1.54, 1.807) is 0 Å². The fourth-order valence-electron chi connectivity index (χ4n) is 11.2. The van der Waals surface area contributed by atoms with E-state index >= 15 is 0 Å². The molecule has 3 heterocycles. The van der Waals surface area contributed by atoms with Crippen molar-refractivity contribution in [2.45, 2.75) is 5.92 Å². The zero-order chi connectivity index (χ0) is 46.1. The monoisotopic (exact) mass is 892 g/mol. The molecular formula is C67H44N2O. The zero-order valence-corrected chi connectivity index (χ0v) is 38.2. The lowest BCUT2D eigenvalue weighted by Gasteiger charge is -2.23. The number of hydrogen-bond donors (Lipinski definition) is 0. The predicted molar refractivity (Wildman–Crippen MR) is 293 cm³/mol. The summed E-state index contributed by atoms with van der Waals surface area (Å²) in [5, 5.41) is 7.13. The number of furan rings is 1. The average molecular weight is 893 g/mol. The van der Waals surface area contributed by atoms with Gasteiger partial charge in [0.25, 0.3) is 0 Å². The maximum absolute atomic E-state index is 6.63. The lowest BCUT2D eigenvalue weighted by molar-refractivity contribution is 0.669. The summed E-state index contributed by atoms with van der Waals surface area (Å²) in [6, 6.07) is 95.3. The van der Waals surface area contributed by atoms with Crippen LogP contribution in [0.3, 0.4) is 0 Å². The molecule has 70 heavy (non-hydrogen) atoms. The molecule has 11 aromatic carbocycles. The highest BCUT2D eigenvalue weighted by atomic mass is 16.3. The fourth-order valence-corrected chi connectivity index (χ4v) is 11.2. The Labute approximate surface area is 405 Å². The van der Waals surface area contributed by atoms with E-state index in [9.17, 15) is 0 Å². The van der Waals surface area contributed by atoms with E-state index < -0.39 is 0 Å². The first-order valence-corrected chi connectivity index (χ1v) is 24.1. The van der Waals surface area contributed by atoms with Gasteiger partial charge in [-0.15, -0.1) is 0 Å². The van der Waals surface area contributed by atoms with Crippen LogP contribution >= 0.6 is 0 Å². The molecule has 3 heteroatoms. The second-order valence-electron chi connectivity index (χ2n) is 18.5. The van der Waals surface area contributed by atoms with E-state index in [2.05, 4.69) is 270 Å². The van der Waals surface area contributed by atoms with Crippen LogP contribution in [0.4, 0.5) is 0 Å². The van der Waals surface area contributed by atoms with Crippen LogP contribution < -0.4 is 0 Å². The van der Waals surface area contributed by atoms with Gasteiger partial charge in [-0.3, -0.25) is 0 Å². The van der Waals surface area contributed by atoms with Gasteiger partial charge in [0.05, 0.1) is 22.1 Å². The van der Waals surface area contributed by atoms with Gasteiger partial charge in [-0.2, -0.15) is 0 Å². The third-order valence-electron chi connectivity index (χ3n) is 14.4. The van der Waals surface area contributed by atoms with Gasteiger partial charge in [-0.1, -0.05) is 194 Å². The van der Waals surface area contributed by atoms with Gasteiger partial charge in [0.1, 0.15) is 11.2 Å². The number of fused-ring (bicyclic) bond motifs is 9. The second-order valence-corrected chi connectivity index (χ2v) is 18.5. The first kappa shape index (κ1) is 39.9. The molecule has 3 nitrogen and oxygen atoms in total. The molecule has 0 saturated carbocycles. The van der Waals surface area contributed by atoms with Crippen molar-refractivity contribution in [3.05, 3.63) is 278 Å². The highest BCUT2D eigenvalue weighted by Crippen LogP contribution is 2.42. The number of rotatable bonds is 8. The van der Waals surface area contributed by atoms with Crippen LogP contribution in [0.5, 0.6) is 0 Å². The standard InChI is InChI=1S/C67H44N2O/c1-3-17-44(18-4-1)46-21-15-23-49(37-46)67(50-24-16-22-47(38-50)45-19-5-2-6-20-45)52-39-51(40-54(41-52)69-63-31-13-9-27-57(63)58-28-10-14-32-64(58)69)48-33-35-65-59(42-48)60-43-53(34-36-66(60)70-65)68-61-29-11-7-25-55(61)56-26-8-12-30-62(56)68/h1-43,67H. The molecule has 328 valence electrons. The van der Waals surface area contributed by atoms with E-state index in [4.69, 9.17) is 4.42 Å². The summed E-state index contributed by atoms with van der Waals surface area (Å²) in [5.74, 6) is -0.105. The van der Waals surface area contributed by atoms with Gasteiger partial charge in [0, 0.05) is 49.6 Å². The summed E-state index contributed by atoms with van der Waals surface area (Å²) in [7, 11) is 0. The topological polar surface area (TPSA) is 23.0 Å². The van der Waals surface area contributed by atoms with Crippen LogP contribution in [0, 0.1) is 0 Å². The van der Waals surface area contributed by atoms with Crippen LogP contribution in [-0.4, -0.2) is 9.13 Å². The highest BCUT2D eigenvalue weighted by molar-refractivity contribution is 6.12. The SMILES string of the molecule is c1ccc(-c2cccc(C(c3cccc(-c4ccccc4)c3)c3cc(-c4ccc5oc6ccc(-n7c8ccccc8c8ccccc87)cc6c5c4)cc(-n4c5ccccc5c5ccccc54)c3)c2)cc1. The Balaban J connectivity index is 1.01. The lowest BCUT2D eigenvalue weighted by Crippen LogP contribution is -2.06. The largest absolute Gasteiger partial charge is 0.456 e. The Hall–Kier alpha value is -9.18. The predicted octanol–water partition coefficient (Wildman–Crippen LogP) is 18.0. The molecule has 0 aliphatic rings. The molecule has 0 saturated heterocycles. The van der Waals surface area contributed by atoms with Crippen molar-refractivity contribution in [2.75, 3.05) is 0 Å². The average Bonchev–Trinajstić information content (AvgIpc) is 4.09. The van der Waals surface area contributed by atoms with Crippen molar-refractivity contribution in [3.8, 4) is 44.8 Å². The highest BCUT2D eigenvalue weighted by Gasteiger charge is 2.23. The summed E-state index contributed by atoms with van der Waals surface area (Å²) >= 11 is 0. The summed E-state index contributed by atoms with van der Waals surface area (Å²) in [4.78, 5) is 0. The van der Waals surface area contributed by atoms with E-state index in [-0.39, 0.29) is 5.92 Å². The molecule has 0 aliphatic heterocycles. The smallest absolute Gasteiger partial charge is 0.135 e. The Kier molecular flexibility index (Phi) is 9.28. The molecule has 0 atom stereocenters. The maximum atomic E-state index is 6.63. The third kappa shape index (κ3) is 6.58. The maximum Gasteiger partial charge on any atom is 0.135 e. The molecule has 14 aromatic rings. The summed E-state index contributed by atoms with van der Waals surface area (Å²) < 4.78 is 11.5. The minimum atomic E-state index is -0.105. The molecule has 0 bridgehead atoms. The Morgan fingerprint density at radius 3 is 1.19 bits per heavy atom. The van der Waals surface area contributed by atoms with Crippen LogP contribution in [0.25, 0.3) is 110 Å². The van der Waals surface area contributed by atoms with Crippen LogP contribution in [-0.2, 0) is 0 Å². The minimum absolute atomic E-state index is 0.105. The van der Waals surface area contributed by atoms with E-state index in [0.29, 0.717) is 0 Å². The lowest BCUT2D eigenvalue weighted by atomic mass is 9.82. The number of para-hydroxylation sites is 4. The second kappa shape index (κ2) is 16.3. The van der Waals surface area contributed by atoms with Gasteiger partial charge >= 0.3 is 0 Å². The van der Waals surface area contributed by atoms with E-state index in [1.165, 1.54) is 82.6 Å². The van der Waals surface area contributed by atoms with Crippen molar-refractivity contribution in [3.63, 3.8) is 0 Å². The molecule has 0 spiro atoms. The summed E-state index contributed by atoms with van der Waals surface area (Å²) in [6.07, 6.45) is 0. The molecule has 0 N–H and O–H groups in total. The fraction of sp³-hybridized carbons (Fsp3) is 0.0149. The van der Waals surface area contributed by atoms with Crippen LogP contribution in [0.1, 0.15) is 22.6 Å². The molecule has 0 unspecified atom stereocenters. The Morgan fingerprint density at radius 2 is 0.657 bits per heavy atom. The van der Waals surface area contributed by atoms with Crippen molar-refractivity contribution < 1.29 is 4.42 Å². The van der Waals surface area contributed by atoms with Crippen molar-refractivity contribution >= 4 is 65.6 Å². The number of nitrogens with zero attached hydrogens (tertiary/aromatic N) is 2. The number of hydrogen-bond acceptors (Lipinski definition) is 1. The van der Waals surface area contributed by atoms with Gasteiger partial charge in [-0.05, 0) is 117 Å². The number of benzene rings is 11. The first-order chi connectivity index (χ1) is 34.7. The van der Waals surface area contributed by atoms with Crippen molar-refractivity contribution in [2.24, 2.45) is 0 Å². The van der Waals surface area contributed by atoms with Crippen molar-refractivity contribution in [1.29, 1.82) is 0 Å². The molecule has 3 aromatic heterocycles. The summed E-state index contributed by atoms with van der Waals surface area (Å²) in [5.41, 5.74) is 19.4. The summed E-state index contributed by atoms with van der Waals surface area (Å²) in [6.45, 7) is 0. The number of aromatic nitrogens is 2. The quantitative estimate of drug-likeness (QED) is 0.139. The van der Waals surface area contributed by atoms with E-state index in [0.717, 1.165) is 44.4 Å². The molecule has 0 fully saturated rings. The van der Waals surface area contributed by atoms with Gasteiger partial charge in [0.15, 0.2) is 0 Å². The molecule has 0 aliphatic carbocycles. The first-order valence-electron chi connectivity index (χ1n) is 24.1. The van der Waals surface area contributed by atoms with Crippen LogP contribution in [0.15, 0.2) is 265 Å². The van der Waals surface area contributed by atoms with E-state index in [1.807, 2.05) is 0 Å².